The van der Waals surface area contributed by atoms with Crippen molar-refractivity contribution < 1.29 is 17.8 Å². The molecule has 5 aromatic carbocycles. The van der Waals surface area contributed by atoms with Crippen molar-refractivity contribution in [2.45, 2.75) is 17.4 Å². The number of aryl methyl sites for hydroxylation is 1. The monoisotopic (exact) mass is 551 g/mol. The number of nitrogens with one attached hydrogen (secondary N) is 2. The number of hydrogen-bond acceptors (Lipinski definition) is 7. The average molecular weight is 552 g/mol. The Labute approximate surface area is 234 Å². The molecular weight excluding hydrogens is 522 g/mol. The van der Waals surface area contributed by atoms with Crippen molar-refractivity contribution in [1.82, 2.24) is 0 Å². The molecule has 0 aromatic heterocycles. The van der Waals surface area contributed by atoms with Crippen LogP contribution < -0.4 is 16.5 Å². The molecule has 0 radical (unpaired) electrons. The summed E-state index contributed by atoms with van der Waals surface area (Å²) in [6, 6.07) is 37.4. The van der Waals surface area contributed by atoms with Crippen LogP contribution in [0.15, 0.2) is 132 Å². The number of anilines is 4. The van der Waals surface area contributed by atoms with Gasteiger partial charge in [0.1, 0.15) is 5.60 Å². The lowest BCUT2D eigenvalue weighted by atomic mass is 9.79. The number of nitrogens with two attached hydrogens (primary N) is 1. The zero-order valence-corrected chi connectivity index (χ0v) is 22.6. The van der Waals surface area contributed by atoms with Gasteiger partial charge in [0.05, 0.1) is 10.6 Å². The zero-order chi connectivity index (χ0) is 28.2. The molecule has 5 aromatic rings. The summed E-state index contributed by atoms with van der Waals surface area (Å²) in [6.45, 7) is 1.94. The SMILES string of the molecule is Cc1ccc(N)c(C(O)(c2ccc(NOS(=O)(=O)c3ccccc3)cc2)c2ccc(Nc3ccccc3)cc2)c1. The van der Waals surface area contributed by atoms with E-state index in [-0.39, 0.29) is 4.90 Å². The lowest BCUT2D eigenvalue weighted by molar-refractivity contribution is 0.126. The second-order valence-electron chi connectivity index (χ2n) is 9.40. The van der Waals surface area contributed by atoms with Gasteiger partial charge < -0.3 is 16.2 Å². The van der Waals surface area contributed by atoms with Crippen LogP contribution in [0.25, 0.3) is 0 Å². The van der Waals surface area contributed by atoms with Gasteiger partial charge in [-0.3, -0.25) is 0 Å². The summed E-state index contributed by atoms with van der Waals surface area (Å²) >= 11 is 0. The highest BCUT2D eigenvalue weighted by atomic mass is 32.2. The van der Waals surface area contributed by atoms with Crippen molar-refractivity contribution in [2.24, 2.45) is 0 Å². The van der Waals surface area contributed by atoms with Gasteiger partial charge in [-0.15, -0.1) is 4.28 Å². The summed E-state index contributed by atoms with van der Waals surface area (Å²) in [5, 5.41) is 15.7. The Kier molecular flexibility index (Phi) is 7.57. The molecule has 7 nitrogen and oxygen atoms in total. The topological polar surface area (TPSA) is 114 Å². The maximum absolute atomic E-state index is 12.5. The first-order chi connectivity index (χ1) is 19.3. The van der Waals surface area contributed by atoms with E-state index in [0.29, 0.717) is 28.1 Å². The summed E-state index contributed by atoms with van der Waals surface area (Å²) in [4.78, 5) is 0.0358. The largest absolute Gasteiger partial charge is 0.398 e. The molecule has 40 heavy (non-hydrogen) atoms. The molecule has 0 aliphatic heterocycles. The fourth-order valence-electron chi connectivity index (χ4n) is 4.46. The Morgan fingerprint density at radius 2 is 1.23 bits per heavy atom. The summed E-state index contributed by atoms with van der Waals surface area (Å²) in [5.41, 5.74) is 12.6. The maximum Gasteiger partial charge on any atom is 0.317 e. The van der Waals surface area contributed by atoms with Crippen molar-refractivity contribution in [3.05, 3.63) is 150 Å². The second-order valence-corrected chi connectivity index (χ2v) is 10.9. The Morgan fingerprint density at radius 1 is 0.700 bits per heavy atom. The molecular formula is C32H29N3O4S. The summed E-state index contributed by atoms with van der Waals surface area (Å²) in [7, 11) is -4.00. The van der Waals surface area contributed by atoms with E-state index in [9.17, 15) is 13.5 Å². The highest BCUT2D eigenvalue weighted by molar-refractivity contribution is 7.86. The maximum atomic E-state index is 12.5. The van der Waals surface area contributed by atoms with E-state index in [1.54, 1.807) is 48.5 Å². The van der Waals surface area contributed by atoms with E-state index < -0.39 is 15.7 Å². The molecule has 0 spiro atoms. The molecule has 0 saturated heterocycles. The number of rotatable bonds is 9. The lowest BCUT2D eigenvalue weighted by Gasteiger charge is -2.32. The number of benzene rings is 5. The molecule has 0 amide bonds. The first-order valence-electron chi connectivity index (χ1n) is 12.6. The first kappa shape index (κ1) is 27.0. The van der Waals surface area contributed by atoms with Crippen LogP contribution in [-0.2, 0) is 20.0 Å². The van der Waals surface area contributed by atoms with E-state index in [1.807, 2.05) is 73.7 Å². The molecule has 0 aliphatic rings. The van der Waals surface area contributed by atoms with Crippen molar-refractivity contribution in [2.75, 3.05) is 16.5 Å². The third kappa shape index (κ3) is 5.69. The van der Waals surface area contributed by atoms with Gasteiger partial charge in [0.15, 0.2) is 0 Å². The predicted molar refractivity (Wildman–Crippen MR) is 159 cm³/mol. The second kappa shape index (κ2) is 11.2. The molecule has 202 valence electrons. The van der Waals surface area contributed by atoms with Gasteiger partial charge in [0.2, 0.25) is 0 Å². The van der Waals surface area contributed by atoms with Crippen LogP contribution in [0, 0.1) is 6.92 Å². The quantitative estimate of drug-likeness (QED) is 0.0961. The highest BCUT2D eigenvalue weighted by Gasteiger charge is 2.35. The van der Waals surface area contributed by atoms with Crippen molar-refractivity contribution in [3.63, 3.8) is 0 Å². The molecule has 0 heterocycles. The van der Waals surface area contributed by atoms with Crippen molar-refractivity contribution >= 4 is 32.9 Å². The number of hydrogen-bond donors (Lipinski definition) is 4. The molecule has 0 saturated carbocycles. The fourth-order valence-corrected chi connectivity index (χ4v) is 5.25. The number of aliphatic hydroxyl groups is 1. The minimum absolute atomic E-state index is 0.0358. The Hall–Kier alpha value is -4.63. The lowest BCUT2D eigenvalue weighted by Crippen LogP contribution is -2.30. The van der Waals surface area contributed by atoms with Gasteiger partial charge in [0, 0.05) is 22.6 Å². The molecule has 1 unspecified atom stereocenters. The van der Waals surface area contributed by atoms with Crippen LogP contribution >= 0.6 is 0 Å². The molecule has 1 atom stereocenters. The van der Waals surface area contributed by atoms with E-state index in [1.165, 1.54) is 12.1 Å². The van der Waals surface area contributed by atoms with Gasteiger partial charge in [-0.05, 0) is 72.6 Å². The van der Waals surface area contributed by atoms with Gasteiger partial charge in [-0.2, -0.15) is 8.42 Å². The van der Waals surface area contributed by atoms with Crippen molar-refractivity contribution in [3.8, 4) is 0 Å². The summed E-state index contributed by atoms with van der Waals surface area (Å²) in [5.74, 6) is 0. The summed E-state index contributed by atoms with van der Waals surface area (Å²) < 4.78 is 30.0. The van der Waals surface area contributed by atoms with Crippen LogP contribution in [0.1, 0.15) is 22.3 Å². The molecule has 0 bridgehead atoms. The minimum atomic E-state index is -4.00. The molecule has 8 heteroatoms. The number of para-hydroxylation sites is 1. The Balaban J connectivity index is 1.46. The summed E-state index contributed by atoms with van der Waals surface area (Å²) in [6.07, 6.45) is 0. The molecule has 5 rings (SSSR count). The van der Waals surface area contributed by atoms with Gasteiger partial charge in [-0.25, -0.2) is 5.48 Å². The van der Waals surface area contributed by atoms with Crippen LogP contribution in [0.4, 0.5) is 22.7 Å². The van der Waals surface area contributed by atoms with E-state index >= 15 is 0 Å². The van der Waals surface area contributed by atoms with Crippen LogP contribution in [0.5, 0.6) is 0 Å². The Morgan fingerprint density at radius 3 is 1.82 bits per heavy atom. The molecule has 0 aliphatic carbocycles. The van der Waals surface area contributed by atoms with E-state index in [4.69, 9.17) is 10.0 Å². The molecule has 5 N–H and O–H groups in total. The van der Waals surface area contributed by atoms with Gasteiger partial charge >= 0.3 is 10.1 Å². The first-order valence-corrected chi connectivity index (χ1v) is 14.0. The highest BCUT2D eigenvalue weighted by Crippen LogP contribution is 2.40. The third-order valence-electron chi connectivity index (χ3n) is 6.57. The normalized spacial score (nSPS) is 12.8. The van der Waals surface area contributed by atoms with Gasteiger partial charge in [0.25, 0.3) is 0 Å². The average Bonchev–Trinajstić information content (AvgIpc) is 2.98. The van der Waals surface area contributed by atoms with Gasteiger partial charge in [-0.1, -0.05) is 78.4 Å². The van der Waals surface area contributed by atoms with E-state index in [0.717, 1.165) is 16.9 Å². The molecule has 0 fully saturated rings. The minimum Gasteiger partial charge on any atom is -0.398 e. The standard InChI is InChI=1S/C32H29N3O4S/c1-23-12-21-31(33)30(22-23)32(36,24-13-17-27(18-14-24)34-26-8-4-2-5-9-26)25-15-19-28(20-16-25)35-39-40(37,38)29-10-6-3-7-11-29/h2-22,34-36H,33H2,1H3. The zero-order valence-electron chi connectivity index (χ0n) is 21.8. The predicted octanol–water partition coefficient (Wildman–Crippen LogP) is 6.34. The smallest absolute Gasteiger partial charge is 0.317 e. The third-order valence-corrected chi connectivity index (χ3v) is 7.72. The fraction of sp³-hybridized carbons (Fsp3) is 0.0625. The Bertz CT molecular complexity index is 1690. The van der Waals surface area contributed by atoms with Crippen LogP contribution in [0.3, 0.4) is 0 Å². The van der Waals surface area contributed by atoms with Crippen molar-refractivity contribution in [1.29, 1.82) is 0 Å². The number of nitrogen functional groups attached to an aromatic ring is 1. The van der Waals surface area contributed by atoms with Crippen LogP contribution in [-0.4, -0.2) is 13.5 Å². The van der Waals surface area contributed by atoms with Crippen LogP contribution in [0.2, 0.25) is 0 Å². The van der Waals surface area contributed by atoms with E-state index in [2.05, 4.69) is 10.8 Å².